The molecule has 0 aromatic heterocycles. The summed E-state index contributed by atoms with van der Waals surface area (Å²) in [6.45, 7) is 0.573. The molecule has 23 heavy (non-hydrogen) atoms. The van der Waals surface area contributed by atoms with Gasteiger partial charge in [-0.3, -0.25) is 9.59 Å². The molecule has 0 saturated heterocycles. The number of amides is 3. The SMILES string of the molecule is CNC(=O)C(=O)CCCCCCNC(=O)Nc1cccc(Br)c1. The van der Waals surface area contributed by atoms with Crippen LogP contribution in [0.15, 0.2) is 28.7 Å². The molecule has 0 spiro atoms. The first-order chi connectivity index (χ1) is 11.0. The molecule has 7 heteroatoms. The van der Waals surface area contributed by atoms with Gasteiger partial charge in [-0.2, -0.15) is 0 Å². The Morgan fingerprint density at radius 1 is 1.09 bits per heavy atom. The van der Waals surface area contributed by atoms with Gasteiger partial charge in [0.1, 0.15) is 0 Å². The van der Waals surface area contributed by atoms with Crippen molar-refractivity contribution in [2.75, 3.05) is 18.9 Å². The van der Waals surface area contributed by atoms with E-state index in [1.807, 2.05) is 24.3 Å². The van der Waals surface area contributed by atoms with Gasteiger partial charge in [-0.1, -0.05) is 34.8 Å². The average Bonchev–Trinajstić information content (AvgIpc) is 2.52. The summed E-state index contributed by atoms with van der Waals surface area (Å²) in [7, 11) is 1.45. The smallest absolute Gasteiger partial charge is 0.319 e. The zero-order valence-electron chi connectivity index (χ0n) is 13.2. The Balaban J connectivity index is 2.05. The maximum Gasteiger partial charge on any atom is 0.319 e. The van der Waals surface area contributed by atoms with Gasteiger partial charge in [0.15, 0.2) is 0 Å². The molecule has 0 fully saturated rings. The van der Waals surface area contributed by atoms with Crippen LogP contribution in [-0.4, -0.2) is 31.3 Å². The largest absolute Gasteiger partial charge is 0.353 e. The Kier molecular flexibility index (Phi) is 8.97. The Bertz CT molecular complexity index is 549. The monoisotopic (exact) mass is 383 g/mol. The van der Waals surface area contributed by atoms with Crippen molar-refractivity contribution >= 4 is 39.3 Å². The minimum Gasteiger partial charge on any atom is -0.353 e. The number of Topliss-reactive ketones (excluding diaryl/α,β-unsaturated/α-hetero) is 1. The highest BCUT2D eigenvalue weighted by molar-refractivity contribution is 9.10. The summed E-state index contributed by atoms with van der Waals surface area (Å²) in [5.74, 6) is -0.907. The molecule has 3 amide bonds. The van der Waals surface area contributed by atoms with Crippen LogP contribution in [0.4, 0.5) is 10.5 Å². The number of carbonyl (C=O) groups excluding carboxylic acids is 3. The van der Waals surface area contributed by atoms with Gasteiger partial charge in [-0.05, 0) is 31.0 Å². The van der Waals surface area contributed by atoms with E-state index >= 15 is 0 Å². The summed E-state index contributed by atoms with van der Waals surface area (Å²) in [4.78, 5) is 34.0. The molecule has 0 heterocycles. The molecule has 1 aromatic carbocycles. The first-order valence-corrected chi connectivity index (χ1v) is 8.37. The molecule has 1 aromatic rings. The molecule has 0 radical (unpaired) electrons. The molecule has 0 aliphatic heterocycles. The maximum atomic E-state index is 11.7. The zero-order chi connectivity index (χ0) is 17.1. The Hall–Kier alpha value is -1.89. The molecule has 126 valence electrons. The summed E-state index contributed by atoms with van der Waals surface area (Å²) in [5.41, 5.74) is 0.726. The highest BCUT2D eigenvalue weighted by atomic mass is 79.9. The quantitative estimate of drug-likeness (QED) is 0.452. The number of ketones is 1. The van der Waals surface area contributed by atoms with Crippen LogP contribution in [-0.2, 0) is 9.59 Å². The van der Waals surface area contributed by atoms with Crippen molar-refractivity contribution in [2.45, 2.75) is 32.1 Å². The van der Waals surface area contributed by atoms with E-state index < -0.39 is 5.91 Å². The van der Waals surface area contributed by atoms with Crippen molar-refractivity contribution < 1.29 is 14.4 Å². The molecule has 0 aliphatic rings. The van der Waals surface area contributed by atoms with Gasteiger partial charge in [-0.25, -0.2) is 4.79 Å². The molecule has 0 aliphatic carbocycles. The van der Waals surface area contributed by atoms with Crippen molar-refractivity contribution in [3.05, 3.63) is 28.7 Å². The van der Waals surface area contributed by atoms with Crippen LogP contribution in [0, 0.1) is 0 Å². The number of hydrogen-bond donors (Lipinski definition) is 3. The second-order valence-corrected chi connectivity index (χ2v) is 5.97. The van der Waals surface area contributed by atoms with Gasteiger partial charge >= 0.3 is 6.03 Å². The minimum absolute atomic E-state index is 0.238. The first kappa shape index (κ1) is 19.2. The standard InChI is InChI=1S/C16H22BrN3O3/c1-18-15(22)14(21)9-4-2-3-5-10-19-16(23)20-13-8-6-7-12(17)11-13/h6-8,11H,2-5,9-10H2,1H3,(H,18,22)(H2,19,20,23). The fraction of sp³-hybridized carbons (Fsp3) is 0.438. The number of carbonyl (C=O) groups is 3. The molecular formula is C16H22BrN3O3. The second kappa shape index (κ2) is 10.8. The number of halogens is 1. The van der Waals surface area contributed by atoms with E-state index in [0.717, 1.165) is 29.4 Å². The summed E-state index contributed by atoms with van der Waals surface area (Å²) in [6, 6.07) is 7.13. The number of hydrogen-bond acceptors (Lipinski definition) is 3. The molecule has 0 saturated carbocycles. The summed E-state index contributed by atoms with van der Waals surface area (Å²) < 4.78 is 0.904. The average molecular weight is 384 g/mol. The molecule has 6 nitrogen and oxygen atoms in total. The van der Waals surface area contributed by atoms with Gasteiger partial charge in [-0.15, -0.1) is 0 Å². The molecule has 1 rings (SSSR count). The number of nitrogens with one attached hydrogen (secondary N) is 3. The zero-order valence-corrected chi connectivity index (χ0v) is 14.7. The first-order valence-electron chi connectivity index (χ1n) is 7.58. The molecular weight excluding hydrogens is 362 g/mol. The van der Waals surface area contributed by atoms with Crippen molar-refractivity contribution in [3.63, 3.8) is 0 Å². The van der Waals surface area contributed by atoms with Gasteiger partial charge in [0, 0.05) is 30.2 Å². The van der Waals surface area contributed by atoms with Gasteiger partial charge in [0.25, 0.3) is 5.91 Å². The van der Waals surface area contributed by atoms with Crippen molar-refractivity contribution in [1.82, 2.24) is 10.6 Å². The molecule has 3 N–H and O–H groups in total. The lowest BCUT2D eigenvalue weighted by atomic mass is 10.1. The van der Waals surface area contributed by atoms with Crippen LogP contribution in [0.1, 0.15) is 32.1 Å². The molecule has 0 bridgehead atoms. The summed E-state index contributed by atoms with van der Waals surface area (Å²) >= 11 is 3.34. The minimum atomic E-state index is -0.532. The Labute approximate surface area is 144 Å². The lowest BCUT2D eigenvalue weighted by Crippen LogP contribution is -2.29. The lowest BCUT2D eigenvalue weighted by Gasteiger charge is -2.07. The number of likely N-dealkylation sites (N-methyl/N-ethyl adjacent to an activating group) is 1. The van der Waals surface area contributed by atoms with Crippen molar-refractivity contribution in [3.8, 4) is 0 Å². The Morgan fingerprint density at radius 3 is 2.52 bits per heavy atom. The van der Waals surface area contributed by atoms with E-state index in [1.54, 1.807) is 0 Å². The maximum absolute atomic E-state index is 11.7. The van der Waals surface area contributed by atoms with Crippen LogP contribution in [0.3, 0.4) is 0 Å². The van der Waals surface area contributed by atoms with Crippen molar-refractivity contribution in [2.24, 2.45) is 0 Å². The fourth-order valence-electron chi connectivity index (χ4n) is 1.96. The van der Waals surface area contributed by atoms with Gasteiger partial charge in [0.05, 0.1) is 0 Å². The number of benzene rings is 1. The van der Waals surface area contributed by atoms with E-state index in [2.05, 4.69) is 31.9 Å². The van der Waals surface area contributed by atoms with Gasteiger partial charge in [0.2, 0.25) is 5.78 Å². The molecule has 0 atom stereocenters. The normalized spacial score (nSPS) is 10.0. The van der Waals surface area contributed by atoms with Crippen LogP contribution >= 0.6 is 15.9 Å². The number of unbranched alkanes of at least 4 members (excludes halogenated alkanes) is 3. The van der Waals surface area contributed by atoms with E-state index in [9.17, 15) is 14.4 Å². The highest BCUT2D eigenvalue weighted by Crippen LogP contribution is 2.15. The van der Waals surface area contributed by atoms with E-state index in [1.165, 1.54) is 7.05 Å². The Morgan fingerprint density at radius 2 is 1.83 bits per heavy atom. The van der Waals surface area contributed by atoms with E-state index in [0.29, 0.717) is 13.0 Å². The van der Waals surface area contributed by atoms with Gasteiger partial charge < -0.3 is 16.0 Å². The fourth-order valence-corrected chi connectivity index (χ4v) is 2.36. The van der Waals surface area contributed by atoms with Crippen LogP contribution in [0.25, 0.3) is 0 Å². The predicted octanol–water partition coefficient (Wildman–Crippen LogP) is 2.84. The summed E-state index contributed by atoms with van der Waals surface area (Å²) in [6.07, 6.45) is 3.56. The number of urea groups is 1. The highest BCUT2D eigenvalue weighted by Gasteiger charge is 2.10. The van der Waals surface area contributed by atoms with Crippen molar-refractivity contribution in [1.29, 1.82) is 0 Å². The third-order valence-electron chi connectivity index (χ3n) is 3.18. The van der Waals surface area contributed by atoms with Crippen LogP contribution in [0.5, 0.6) is 0 Å². The third-order valence-corrected chi connectivity index (χ3v) is 3.67. The second-order valence-electron chi connectivity index (χ2n) is 5.06. The third kappa shape index (κ3) is 8.35. The topological polar surface area (TPSA) is 87.3 Å². The molecule has 0 unspecified atom stereocenters. The number of anilines is 1. The van der Waals surface area contributed by atoms with Crippen LogP contribution < -0.4 is 16.0 Å². The predicted molar refractivity (Wildman–Crippen MR) is 93.3 cm³/mol. The number of rotatable bonds is 9. The summed E-state index contributed by atoms with van der Waals surface area (Å²) in [5, 5.41) is 7.85. The lowest BCUT2D eigenvalue weighted by molar-refractivity contribution is -0.137. The van der Waals surface area contributed by atoms with E-state index in [4.69, 9.17) is 0 Å². The van der Waals surface area contributed by atoms with E-state index in [-0.39, 0.29) is 18.2 Å². The van der Waals surface area contributed by atoms with Crippen LogP contribution in [0.2, 0.25) is 0 Å².